The molecule has 0 amide bonds. The molecule has 0 aliphatic heterocycles. The summed E-state index contributed by atoms with van der Waals surface area (Å²) in [5, 5.41) is 0. The third-order valence-electron chi connectivity index (χ3n) is 1.39. The molecule has 0 saturated heterocycles. The molecule has 0 atom stereocenters. The maximum atomic E-state index is 10.3. The Balaban J connectivity index is 2.95. The number of benzene rings is 1. The van der Waals surface area contributed by atoms with Gasteiger partial charge in [-0.05, 0) is 11.6 Å². The lowest BCUT2D eigenvalue weighted by atomic mass is 10.1. The zero-order valence-electron chi connectivity index (χ0n) is 6.40. The molecule has 0 aromatic heterocycles. The predicted molar refractivity (Wildman–Crippen MR) is 47.5 cm³/mol. The molecule has 1 rings (SSSR count). The van der Waals surface area contributed by atoms with Crippen LogP contribution in [-0.4, -0.2) is 6.29 Å². The van der Waals surface area contributed by atoms with Crippen LogP contribution in [0.2, 0.25) is 0 Å². The first kappa shape index (κ1) is 8.22. The minimum absolute atomic E-state index is 0.627. The van der Waals surface area contributed by atoms with Crippen molar-refractivity contribution in [3.8, 4) is 0 Å². The topological polar surface area (TPSA) is 21.4 Å². The highest BCUT2D eigenvalue weighted by Gasteiger charge is 1.89. The monoisotopic (exact) mass is 157 g/mol. The van der Waals surface area contributed by atoms with Crippen molar-refractivity contribution in [2.75, 3.05) is 0 Å². The van der Waals surface area contributed by atoms with Gasteiger partial charge in [0.2, 0.25) is 0 Å². The third kappa shape index (κ3) is 2.06. The van der Waals surface area contributed by atoms with Crippen molar-refractivity contribution in [3.63, 3.8) is 0 Å². The van der Waals surface area contributed by atoms with Crippen molar-refractivity contribution in [2.24, 2.45) is 0 Å². The zero-order chi connectivity index (χ0) is 8.81. The molecule has 2 nitrogen and oxygen atoms in total. The van der Waals surface area contributed by atoms with Crippen LogP contribution in [0, 0.1) is 6.57 Å². The Bertz CT molecular complexity index is 347. The average Bonchev–Trinajstić information content (AvgIpc) is 2.15. The Morgan fingerprint density at radius 2 is 2.08 bits per heavy atom. The fourth-order valence-corrected chi connectivity index (χ4v) is 0.859. The van der Waals surface area contributed by atoms with E-state index in [9.17, 15) is 4.79 Å². The Morgan fingerprint density at radius 3 is 2.75 bits per heavy atom. The lowest BCUT2D eigenvalue weighted by molar-refractivity contribution is 0.112. The second-order valence-electron chi connectivity index (χ2n) is 2.23. The van der Waals surface area contributed by atoms with E-state index in [4.69, 9.17) is 6.57 Å². The number of carbonyl (C=O) groups is 1. The van der Waals surface area contributed by atoms with E-state index in [0.29, 0.717) is 5.56 Å². The van der Waals surface area contributed by atoms with Crippen molar-refractivity contribution < 1.29 is 4.79 Å². The largest absolute Gasteiger partial charge is 0.298 e. The molecular weight excluding hydrogens is 150 g/mol. The predicted octanol–water partition coefficient (Wildman–Crippen LogP) is 2.39. The summed E-state index contributed by atoms with van der Waals surface area (Å²) in [7, 11) is 0. The van der Waals surface area contributed by atoms with Crippen LogP contribution >= 0.6 is 0 Å². The van der Waals surface area contributed by atoms with E-state index in [-0.39, 0.29) is 0 Å². The minimum Gasteiger partial charge on any atom is -0.298 e. The van der Waals surface area contributed by atoms with Gasteiger partial charge in [0.15, 0.2) is 6.20 Å². The Labute approximate surface area is 71.0 Å². The molecule has 1 aromatic rings. The van der Waals surface area contributed by atoms with Crippen LogP contribution in [0.4, 0.5) is 0 Å². The molecule has 0 heterocycles. The molecule has 0 N–H and O–H groups in total. The summed E-state index contributed by atoms with van der Waals surface area (Å²) in [4.78, 5) is 13.4. The quantitative estimate of drug-likeness (QED) is 0.477. The first-order valence-electron chi connectivity index (χ1n) is 3.45. The smallest absolute Gasteiger partial charge is 0.154 e. The van der Waals surface area contributed by atoms with E-state index in [2.05, 4.69) is 4.85 Å². The molecule has 0 saturated carbocycles. The summed E-state index contributed by atoms with van der Waals surface area (Å²) in [5.74, 6) is 0. The van der Waals surface area contributed by atoms with Gasteiger partial charge in [-0.15, -0.1) is 0 Å². The SMILES string of the molecule is [C-]#[N+]C=Cc1cccc(C=O)c1. The molecule has 0 unspecified atom stereocenters. The molecule has 12 heavy (non-hydrogen) atoms. The van der Waals surface area contributed by atoms with Gasteiger partial charge in [0.1, 0.15) is 6.29 Å². The lowest BCUT2D eigenvalue weighted by Gasteiger charge is -1.92. The van der Waals surface area contributed by atoms with Crippen molar-refractivity contribution in [3.05, 3.63) is 53.0 Å². The standard InChI is InChI=1S/C10H7NO/c1-11-6-5-9-3-2-4-10(7-9)8-12/h2-8H. The van der Waals surface area contributed by atoms with Gasteiger partial charge in [0.05, 0.1) is 6.57 Å². The molecule has 0 fully saturated rings. The Kier molecular flexibility index (Phi) is 2.80. The van der Waals surface area contributed by atoms with Crippen LogP contribution in [-0.2, 0) is 0 Å². The second kappa shape index (κ2) is 4.09. The summed E-state index contributed by atoms with van der Waals surface area (Å²) < 4.78 is 0. The Hall–Kier alpha value is -1.88. The average molecular weight is 157 g/mol. The number of carbonyl (C=O) groups excluding carboxylic acids is 1. The maximum absolute atomic E-state index is 10.3. The van der Waals surface area contributed by atoms with Gasteiger partial charge in [-0.3, -0.25) is 4.79 Å². The number of nitrogens with zero attached hydrogens (tertiary/aromatic N) is 1. The molecule has 0 radical (unpaired) electrons. The highest BCUT2D eigenvalue weighted by atomic mass is 16.1. The van der Waals surface area contributed by atoms with Crippen LogP contribution in [0.15, 0.2) is 30.5 Å². The van der Waals surface area contributed by atoms with Gasteiger partial charge in [-0.1, -0.05) is 24.3 Å². The van der Waals surface area contributed by atoms with Gasteiger partial charge < -0.3 is 0 Å². The van der Waals surface area contributed by atoms with E-state index in [1.807, 2.05) is 6.07 Å². The number of hydrogen-bond acceptors (Lipinski definition) is 1. The number of rotatable bonds is 2. The van der Waals surface area contributed by atoms with Crippen molar-refractivity contribution in [1.29, 1.82) is 0 Å². The highest BCUT2D eigenvalue weighted by molar-refractivity contribution is 5.76. The highest BCUT2D eigenvalue weighted by Crippen LogP contribution is 2.04. The van der Waals surface area contributed by atoms with Crippen molar-refractivity contribution in [2.45, 2.75) is 0 Å². The van der Waals surface area contributed by atoms with Crippen LogP contribution in [0.25, 0.3) is 10.9 Å². The first-order valence-corrected chi connectivity index (χ1v) is 3.45. The van der Waals surface area contributed by atoms with Crippen LogP contribution in [0.3, 0.4) is 0 Å². The molecule has 1 aromatic carbocycles. The normalized spacial score (nSPS) is 9.58. The van der Waals surface area contributed by atoms with Crippen molar-refractivity contribution in [1.82, 2.24) is 0 Å². The zero-order valence-corrected chi connectivity index (χ0v) is 6.40. The van der Waals surface area contributed by atoms with Gasteiger partial charge in [-0.2, -0.15) is 0 Å². The van der Waals surface area contributed by atoms with Gasteiger partial charge in [-0.25, -0.2) is 4.85 Å². The van der Waals surface area contributed by atoms with Crippen molar-refractivity contribution >= 4 is 12.4 Å². The third-order valence-corrected chi connectivity index (χ3v) is 1.39. The molecule has 58 valence electrons. The fraction of sp³-hybridized carbons (Fsp3) is 0. The molecule has 0 aliphatic rings. The van der Waals surface area contributed by atoms with E-state index in [1.54, 1.807) is 24.3 Å². The van der Waals surface area contributed by atoms with Crippen LogP contribution < -0.4 is 0 Å². The Morgan fingerprint density at radius 1 is 1.33 bits per heavy atom. The summed E-state index contributed by atoms with van der Waals surface area (Å²) >= 11 is 0. The van der Waals surface area contributed by atoms with Crippen LogP contribution in [0.5, 0.6) is 0 Å². The molecular formula is C10H7NO. The summed E-state index contributed by atoms with van der Waals surface area (Å²) in [6.45, 7) is 6.52. The fourth-order valence-electron chi connectivity index (χ4n) is 0.859. The van der Waals surface area contributed by atoms with E-state index >= 15 is 0 Å². The molecule has 2 heteroatoms. The van der Waals surface area contributed by atoms with E-state index in [1.165, 1.54) is 6.20 Å². The summed E-state index contributed by atoms with van der Waals surface area (Å²) in [5.41, 5.74) is 1.50. The van der Waals surface area contributed by atoms with Gasteiger partial charge in [0.25, 0.3) is 0 Å². The minimum atomic E-state index is 0.627. The maximum Gasteiger partial charge on any atom is 0.154 e. The number of hydrogen-bond donors (Lipinski definition) is 0. The van der Waals surface area contributed by atoms with Gasteiger partial charge >= 0.3 is 0 Å². The van der Waals surface area contributed by atoms with Gasteiger partial charge in [0, 0.05) is 5.56 Å². The second-order valence-corrected chi connectivity index (χ2v) is 2.23. The molecule has 0 aliphatic carbocycles. The number of aldehydes is 1. The summed E-state index contributed by atoms with van der Waals surface area (Å²) in [6, 6.07) is 7.08. The first-order chi connectivity index (χ1) is 5.86. The van der Waals surface area contributed by atoms with Crippen LogP contribution in [0.1, 0.15) is 15.9 Å². The van der Waals surface area contributed by atoms with E-state index in [0.717, 1.165) is 11.8 Å². The molecule has 0 spiro atoms. The lowest BCUT2D eigenvalue weighted by Crippen LogP contribution is -1.79. The summed E-state index contributed by atoms with van der Waals surface area (Å²) in [6.07, 6.45) is 3.82. The molecule has 0 bridgehead atoms. The van der Waals surface area contributed by atoms with E-state index < -0.39 is 0 Å².